The Kier molecular flexibility index (Phi) is 5.52. The minimum atomic E-state index is 0.194. The molecule has 238 valence electrons. The summed E-state index contributed by atoms with van der Waals surface area (Å²) in [6.45, 7) is 0. The standard InChI is InChI=1S/C48H30N2S/c1-2-11-29(12-3-1)50-41-21-6-4-13-31(41)36-17-10-18-37(48(36)50)35-16-9-20-40-45-38-26-25-30(34-15-8-19-39(44(34)38)47(45)49-46(35)40)28-23-24-33-32-14-5-7-22-42(32)51-43(33)27-28/h1-27,45,47,49H. The largest absolute Gasteiger partial charge is 0.377 e. The van der Waals surface area contributed by atoms with Crippen molar-refractivity contribution in [3.63, 3.8) is 0 Å². The Hall–Kier alpha value is -6.16. The average Bonchev–Trinajstić information content (AvgIpc) is 3.93. The van der Waals surface area contributed by atoms with Crippen LogP contribution in [-0.4, -0.2) is 4.57 Å². The molecule has 0 spiro atoms. The Morgan fingerprint density at radius 2 is 1.20 bits per heavy atom. The van der Waals surface area contributed by atoms with Gasteiger partial charge >= 0.3 is 0 Å². The third-order valence-electron chi connectivity index (χ3n) is 11.5. The lowest BCUT2D eigenvalue weighted by Crippen LogP contribution is -2.06. The molecule has 0 saturated heterocycles. The van der Waals surface area contributed by atoms with Gasteiger partial charge in [0.1, 0.15) is 0 Å². The topological polar surface area (TPSA) is 17.0 Å². The van der Waals surface area contributed by atoms with Crippen molar-refractivity contribution in [1.82, 2.24) is 4.57 Å². The summed E-state index contributed by atoms with van der Waals surface area (Å²) in [5, 5.41) is 12.1. The van der Waals surface area contributed by atoms with Gasteiger partial charge in [0.05, 0.1) is 17.1 Å². The van der Waals surface area contributed by atoms with Gasteiger partial charge < -0.3 is 9.88 Å². The van der Waals surface area contributed by atoms with Gasteiger partial charge in [0.2, 0.25) is 0 Å². The van der Waals surface area contributed by atoms with Gasteiger partial charge in [-0.3, -0.25) is 0 Å². The summed E-state index contributed by atoms with van der Waals surface area (Å²) < 4.78 is 5.14. The summed E-state index contributed by atoms with van der Waals surface area (Å²) in [5.74, 6) is 0.262. The molecule has 0 amide bonds. The molecular formula is C48H30N2S. The molecule has 0 fully saturated rings. The van der Waals surface area contributed by atoms with E-state index >= 15 is 0 Å². The van der Waals surface area contributed by atoms with Crippen LogP contribution < -0.4 is 5.32 Å². The predicted octanol–water partition coefficient (Wildman–Crippen LogP) is 13.3. The second-order valence-corrected chi connectivity index (χ2v) is 15.1. The number of hydrogen-bond donors (Lipinski definition) is 1. The fourth-order valence-corrected chi connectivity index (χ4v) is 10.6. The van der Waals surface area contributed by atoms with Crippen molar-refractivity contribution in [1.29, 1.82) is 0 Å². The van der Waals surface area contributed by atoms with E-state index in [0.717, 1.165) is 0 Å². The molecule has 1 N–H and O–H groups in total. The first-order chi connectivity index (χ1) is 25.3. The number of aromatic nitrogens is 1. The number of para-hydroxylation sites is 4. The fraction of sp³-hybridized carbons (Fsp3) is 0.0417. The van der Waals surface area contributed by atoms with Crippen LogP contribution in [0.15, 0.2) is 164 Å². The van der Waals surface area contributed by atoms with Crippen LogP contribution in [0.3, 0.4) is 0 Å². The number of nitrogens with one attached hydrogen (secondary N) is 1. The molecule has 0 saturated carbocycles. The third kappa shape index (κ3) is 3.71. The number of fused-ring (bicyclic) bond motifs is 11. The summed E-state index contributed by atoms with van der Waals surface area (Å²) in [6.07, 6.45) is 0. The molecule has 2 aliphatic rings. The normalized spacial score (nSPS) is 16.0. The summed E-state index contributed by atoms with van der Waals surface area (Å²) in [7, 11) is 0. The smallest absolute Gasteiger partial charge is 0.0630 e. The van der Waals surface area contributed by atoms with E-state index in [1.165, 1.54) is 103 Å². The Labute approximate surface area is 298 Å². The van der Waals surface area contributed by atoms with Crippen molar-refractivity contribution in [2.75, 3.05) is 5.32 Å². The van der Waals surface area contributed by atoms with E-state index in [-0.39, 0.29) is 12.0 Å². The number of benzene rings is 8. The van der Waals surface area contributed by atoms with Crippen molar-refractivity contribution in [3.05, 3.63) is 180 Å². The van der Waals surface area contributed by atoms with Crippen LogP contribution in [0.4, 0.5) is 5.69 Å². The maximum atomic E-state index is 4.12. The molecule has 3 heteroatoms. The lowest BCUT2D eigenvalue weighted by molar-refractivity contribution is 0.751. The van der Waals surface area contributed by atoms with Crippen LogP contribution in [-0.2, 0) is 0 Å². The molecule has 3 heterocycles. The van der Waals surface area contributed by atoms with Gasteiger partial charge in [0.15, 0.2) is 0 Å². The van der Waals surface area contributed by atoms with Crippen molar-refractivity contribution in [3.8, 4) is 27.9 Å². The maximum absolute atomic E-state index is 4.12. The zero-order chi connectivity index (χ0) is 33.2. The van der Waals surface area contributed by atoms with Gasteiger partial charge in [0.25, 0.3) is 0 Å². The molecule has 2 nitrogen and oxygen atoms in total. The fourth-order valence-electron chi connectivity index (χ4n) is 9.45. The molecule has 8 aromatic carbocycles. The Morgan fingerprint density at radius 3 is 2.14 bits per heavy atom. The van der Waals surface area contributed by atoms with Crippen LogP contribution in [0.5, 0.6) is 0 Å². The second-order valence-electron chi connectivity index (χ2n) is 14.0. The zero-order valence-electron chi connectivity index (χ0n) is 27.6. The number of thiophene rings is 1. The van der Waals surface area contributed by atoms with Crippen molar-refractivity contribution in [2.24, 2.45) is 0 Å². The molecule has 51 heavy (non-hydrogen) atoms. The van der Waals surface area contributed by atoms with Crippen LogP contribution >= 0.6 is 11.3 Å². The average molecular weight is 667 g/mol. The van der Waals surface area contributed by atoms with Gasteiger partial charge in [-0.1, -0.05) is 133 Å². The van der Waals surface area contributed by atoms with Gasteiger partial charge in [-0.2, -0.15) is 0 Å². The zero-order valence-corrected chi connectivity index (χ0v) is 28.4. The monoisotopic (exact) mass is 666 g/mol. The number of nitrogens with zero attached hydrogens (tertiary/aromatic N) is 1. The highest BCUT2D eigenvalue weighted by atomic mass is 32.1. The number of hydrogen-bond acceptors (Lipinski definition) is 2. The van der Waals surface area contributed by atoms with Crippen LogP contribution in [0.1, 0.15) is 28.7 Å². The Balaban J connectivity index is 1.03. The molecular weight excluding hydrogens is 637 g/mol. The van der Waals surface area contributed by atoms with E-state index < -0.39 is 0 Å². The lowest BCUT2D eigenvalue weighted by atomic mass is 9.88. The summed E-state index contributed by atoms with van der Waals surface area (Å²) in [6, 6.07) is 61.0. The van der Waals surface area contributed by atoms with Crippen LogP contribution in [0.2, 0.25) is 0 Å². The number of anilines is 1. The molecule has 1 aliphatic carbocycles. The predicted molar refractivity (Wildman–Crippen MR) is 217 cm³/mol. The number of rotatable bonds is 3. The van der Waals surface area contributed by atoms with Gasteiger partial charge in [0, 0.05) is 59.4 Å². The lowest BCUT2D eigenvalue weighted by Gasteiger charge is -2.16. The van der Waals surface area contributed by atoms with Crippen molar-refractivity contribution < 1.29 is 0 Å². The molecule has 12 rings (SSSR count). The minimum absolute atomic E-state index is 0.194. The van der Waals surface area contributed by atoms with Gasteiger partial charge in [-0.05, 0) is 68.9 Å². The van der Waals surface area contributed by atoms with Crippen molar-refractivity contribution in [2.45, 2.75) is 12.0 Å². The molecule has 10 aromatic rings. The third-order valence-corrected chi connectivity index (χ3v) is 12.7. The summed E-state index contributed by atoms with van der Waals surface area (Å²) in [5.41, 5.74) is 14.2. The first kappa shape index (κ1) is 27.6. The van der Waals surface area contributed by atoms with E-state index in [9.17, 15) is 0 Å². The first-order valence-electron chi connectivity index (χ1n) is 17.8. The SMILES string of the molecule is c1ccc(-n2c3ccccc3c3cccc(-c4cccc5c4NC4c6cccc7c(-c8ccc9c(c8)sc8ccccc89)ccc(c67)C54)c32)cc1. The summed E-state index contributed by atoms with van der Waals surface area (Å²) in [4.78, 5) is 0. The van der Waals surface area contributed by atoms with Gasteiger partial charge in [-0.25, -0.2) is 0 Å². The molecule has 1 aliphatic heterocycles. The maximum Gasteiger partial charge on any atom is 0.0630 e. The molecule has 2 atom stereocenters. The highest BCUT2D eigenvalue weighted by Gasteiger charge is 2.42. The molecule has 0 bridgehead atoms. The summed E-state index contributed by atoms with van der Waals surface area (Å²) >= 11 is 1.89. The van der Waals surface area contributed by atoms with E-state index in [2.05, 4.69) is 174 Å². The van der Waals surface area contributed by atoms with E-state index in [1.807, 2.05) is 11.3 Å². The van der Waals surface area contributed by atoms with Crippen LogP contribution in [0.25, 0.3) is 80.7 Å². The second kappa shape index (κ2) is 10.2. The Bertz CT molecular complexity index is 3070. The van der Waals surface area contributed by atoms with Gasteiger partial charge in [-0.15, -0.1) is 11.3 Å². The molecule has 2 aromatic heterocycles. The first-order valence-corrected chi connectivity index (χ1v) is 18.6. The van der Waals surface area contributed by atoms with E-state index in [0.29, 0.717) is 0 Å². The quantitative estimate of drug-likeness (QED) is 0.199. The Morgan fingerprint density at radius 1 is 0.471 bits per heavy atom. The van der Waals surface area contributed by atoms with E-state index in [1.54, 1.807) is 0 Å². The highest BCUT2D eigenvalue weighted by Crippen LogP contribution is 2.59. The minimum Gasteiger partial charge on any atom is -0.377 e. The van der Waals surface area contributed by atoms with E-state index in [4.69, 9.17) is 0 Å². The molecule has 2 unspecified atom stereocenters. The van der Waals surface area contributed by atoms with Crippen LogP contribution in [0, 0.1) is 0 Å². The molecule has 0 radical (unpaired) electrons. The van der Waals surface area contributed by atoms with Crippen molar-refractivity contribution >= 4 is 69.8 Å². The highest BCUT2D eigenvalue weighted by molar-refractivity contribution is 7.25.